The first kappa shape index (κ1) is 15.5. The van der Waals surface area contributed by atoms with E-state index in [-0.39, 0.29) is 12.5 Å². The summed E-state index contributed by atoms with van der Waals surface area (Å²) in [4.78, 5) is 22.9. The molecule has 0 radical (unpaired) electrons. The van der Waals surface area contributed by atoms with Crippen LogP contribution in [0.1, 0.15) is 18.9 Å². The second-order valence-corrected chi connectivity index (χ2v) is 4.98. The monoisotopic (exact) mass is 327 g/mol. The molecule has 0 atom stereocenters. The Morgan fingerprint density at radius 3 is 2.63 bits per heavy atom. The molecule has 0 aromatic heterocycles. The van der Waals surface area contributed by atoms with Gasteiger partial charge in [-0.1, -0.05) is 28.9 Å². The number of benzene rings is 1. The van der Waals surface area contributed by atoms with E-state index in [1.165, 1.54) is 0 Å². The van der Waals surface area contributed by atoms with Crippen molar-refractivity contribution in [3.8, 4) is 0 Å². The number of carbonyl (C=O) groups excluding carboxylic acids is 2. The van der Waals surface area contributed by atoms with Gasteiger partial charge in [0.25, 0.3) is 0 Å². The minimum absolute atomic E-state index is 0.0289. The number of hydrogen-bond acceptors (Lipinski definition) is 2. The number of anilines is 1. The van der Waals surface area contributed by atoms with Gasteiger partial charge in [0.15, 0.2) is 0 Å². The molecule has 0 saturated heterocycles. The van der Waals surface area contributed by atoms with Gasteiger partial charge in [-0.3, -0.25) is 4.79 Å². The fourth-order valence-corrected chi connectivity index (χ4v) is 1.71. The van der Waals surface area contributed by atoms with Crippen LogP contribution in [0.5, 0.6) is 0 Å². The van der Waals surface area contributed by atoms with Crippen molar-refractivity contribution in [2.75, 3.05) is 18.4 Å². The Bertz CT molecular complexity index is 463. The van der Waals surface area contributed by atoms with E-state index >= 15 is 0 Å². The summed E-state index contributed by atoms with van der Waals surface area (Å²) >= 11 is 3.39. The van der Waals surface area contributed by atoms with Crippen molar-refractivity contribution in [1.82, 2.24) is 10.6 Å². The first-order chi connectivity index (χ1) is 9.02. The molecule has 1 aromatic rings. The minimum atomic E-state index is -0.401. The smallest absolute Gasteiger partial charge is 0.319 e. The molecule has 0 spiro atoms. The molecule has 1 aromatic carbocycles. The molecule has 5 nitrogen and oxygen atoms in total. The summed E-state index contributed by atoms with van der Waals surface area (Å²) in [6.07, 6.45) is 0.870. The number of aryl methyl sites for hydroxylation is 1. The molecule has 0 saturated carbocycles. The number of urea groups is 1. The lowest BCUT2D eigenvalue weighted by atomic mass is 10.2. The van der Waals surface area contributed by atoms with Gasteiger partial charge in [0.2, 0.25) is 5.91 Å². The van der Waals surface area contributed by atoms with Crippen LogP contribution in [-0.4, -0.2) is 25.0 Å². The summed E-state index contributed by atoms with van der Waals surface area (Å²) < 4.78 is 0.922. The molecule has 1 rings (SSSR count). The average molecular weight is 328 g/mol. The lowest BCUT2D eigenvalue weighted by Gasteiger charge is -2.09. The number of halogens is 1. The van der Waals surface area contributed by atoms with Gasteiger partial charge in [0, 0.05) is 16.7 Å². The second-order valence-electron chi connectivity index (χ2n) is 4.12. The van der Waals surface area contributed by atoms with Gasteiger partial charge in [-0.15, -0.1) is 0 Å². The molecule has 6 heteroatoms. The van der Waals surface area contributed by atoms with E-state index in [9.17, 15) is 9.59 Å². The highest BCUT2D eigenvalue weighted by molar-refractivity contribution is 9.10. The molecule has 0 heterocycles. The van der Waals surface area contributed by atoms with Crippen LogP contribution in [0.25, 0.3) is 0 Å². The van der Waals surface area contributed by atoms with Gasteiger partial charge >= 0.3 is 6.03 Å². The standard InChI is InChI=1S/C13H18BrN3O2/c1-3-6-15-12(18)8-16-13(19)17-10-5-4-9(2)11(14)7-10/h4-5,7H,3,6,8H2,1-2H3,(H,15,18)(H2,16,17,19). The molecule has 19 heavy (non-hydrogen) atoms. The molecule has 104 valence electrons. The molecule has 0 aliphatic rings. The summed E-state index contributed by atoms with van der Waals surface area (Å²) in [5.74, 6) is -0.193. The van der Waals surface area contributed by atoms with Crippen LogP contribution in [-0.2, 0) is 4.79 Å². The van der Waals surface area contributed by atoms with Crippen molar-refractivity contribution in [1.29, 1.82) is 0 Å². The lowest BCUT2D eigenvalue weighted by Crippen LogP contribution is -2.39. The molecule has 3 amide bonds. The van der Waals surface area contributed by atoms with Gasteiger partial charge in [0.1, 0.15) is 0 Å². The van der Waals surface area contributed by atoms with Crippen LogP contribution in [0.15, 0.2) is 22.7 Å². The zero-order valence-electron chi connectivity index (χ0n) is 11.0. The number of amides is 3. The third-order valence-electron chi connectivity index (χ3n) is 2.41. The van der Waals surface area contributed by atoms with Crippen molar-refractivity contribution in [2.45, 2.75) is 20.3 Å². The Kier molecular flexibility index (Phi) is 6.35. The van der Waals surface area contributed by atoms with Crippen LogP contribution in [0.2, 0.25) is 0 Å². The third kappa shape index (κ3) is 5.74. The van der Waals surface area contributed by atoms with Crippen molar-refractivity contribution < 1.29 is 9.59 Å². The zero-order valence-corrected chi connectivity index (χ0v) is 12.6. The van der Waals surface area contributed by atoms with Crippen molar-refractivity contribution in [2.24, 2.45) is 0 Å². The average Bonchev–Trinajstić information content (AvgIpc) is 2.38. The van der Waals surface area contributed by atoms with Gasteiger partial charge < -0.3 is 16.0 Å². The van der Waals surface area contributed by atoms with Gasteiger partial charge in [-0.2, -0.15) is 0 Å². The Labute approximate surface area is 121 Å². The fourth-order valence-electron chi connectivity index (χ4n) is 1.33. The SMILES string of the molecule is CCCNC(=O)CNC(=O)Nc1ccc(C)c(Br)c1. The highest BCUT2D eigenvalue weighted by Crippen LogP contribution is 2.20. The molecule has 3 N–H and O–H groups in total. The maximum absolute atomic E-state index is 11.6. The number of nitrogens with one attached hydrogen (secondary N) is 3. The molecule has 0 bridgehead atoms. The Balaban J connectivity index is 2.38. The fraction of sp³-hybridized carbons (Fsp3) is 0.385. The number of carbonyl (C=O) groups is 2. The first-order valence-electron chi connectivity index (χ1n) is 6.10. The van der Waals surface area contributed by atoms with Crippen LogP contribution in [0.3, 0.4) is 0 Å². The molecule has 0 unspecified atom stereocenters. The van der Waals surface area contributed by atoms with E-state index in [0.29, 0.717) is 12.2 Å². The van der Waals surface area contributed by atoms with E-state index in [0.717, 1.165) is 16.5 Å². The normalized spacial score (nSPS) is 9.84. The summed E-state index contributed by atoms with van der Waals surface area (Å²) in [5, 5.41) is 7.84. The van der Waals surface area contributed by atoms with Crippen molar-refractivity contribution in [3.05, 3.63) is 28.2 Å². The van der Waals surface area contributed by atoms with Gasteiger partial charge in [-0.05, 0) is 31.0 Å². The predicted octanol–water partition coefficient (Wildman–Crippen LogP) is 2.41. The second kappa shape index (κ2) is 7.78. The van der Waals surface area contributed by atoms with Crippen LogP contribution in [0, 0.1) is 6.92 Å². The maximum atomic E-state index is 11.6. The molecule has 0 fully saturated rings. The summed E-state index contributed by atoms with van der Waals surface area (Å²) in [5.41, 5.74) is 1.76. The predicted molar refractivity (Wildman–Crippen MR) is 79.2 cm³/mol. The van der Waals surface area contributed by atoms with Gasteiger partial charge in [0.05, 0.1) is 6.54 Å². The van der Waals surface area contributed by atoms with Crippen LogP contribution < -0.4 is 16.0 Å². The Morgan fingerprint density at radius 1 is 1.26 bits per heavy atom. The quantitative estimate of drug-likeness (QED) is 0.777. The topological polar surface area (TPSA) is 70.2 Å². The highest BCUT2D eigenvalue weighted by Gasteiger charge is 2.05. The van der Waals surface area contributed by atoms with E-state index in [2.05, 4.69) is 31.9 Å². The van der Waals surface area contributed by atoms with Gasteiger partial charge in [-0.25, -0.2) is 4.79 Å². The van der Waals surface area contributed by atoms with Crippen molar-refractivity contribution in [3.63, 3.8) is 0 Å². The van der Waals surface area contributed by atoms with E-state index in [4.69, 9.17) is 0 Å². The minimum Gasteiger partial charge on any atom is -0.355 e. The zero-order chi connectivity index (χ0) is 14.3. The van der Waals surface area contributed by atoms with Crippen molar-refractivity contribution >= 4 is 33.6 Å². The summed E-state index contributed by atoms with van der Waals surface area (Å²) in [6.45, 7) is 4.52. The highest BCUT2D eigenvalue weighted by atomic mass is 79.9. The summed E-state index contributed by atoms with van der Waals surface area (Å²) in [7, 11) is 0. The molecular weight excluding hydrogens is 310 g/mol. The first-order valence-corrected chi connectivity index (χ1v) is 6.90. The lowest BCUT2D eigenvalue weighted by molar-refractivity contribution is -0.120. The summed E-state index contributed by atoms with van der Waals surface area (Å²) in [6, 6.07) is 5.11. The number of rotatable bonds is 5. The Morgan fingerprint density at radius 2 is 2.00 bits per heavy atom. The molecular formula is C13H18BrN3O2. The van der Waals surface area contributed by atoms with E-state index < -0.39 is 6.03 Å². The van der Waals surface area contributed by atoms with Crippen LogP contribution in [0.4, 0.5) is 10.5 Å². The van der Waals surface area contributed by atoms with E-state index in [1.807, 2.05) is 26.0 Å². The Hall–Kier alpha value is -1.56. The molecule has 0 aliphatic heterocycles. The van der Waals surface area contributed by atoms with Crippen LogP contribution >= 0.6 is 15.9 Å². The molecule has 0 aliphatic carbocycles. The van der Waals surface area contributed by atoms with E-state index in [1.54, 1.807) is 6.07 Å². The largest absolute Gasteiger partial charge is 0.355 e. The number of hydrogen-bond donors (Lipinski definition) is 3. The third-order valence-corrected chi connectivity index (χ3v) is 3.27. The maximum Gasteiger partial charge on any atom is 0.319 e.